The Labute approximate surface area is 181 Å². The first-order valence-electron chi connectivity index (χ1n) is 11.2. The standard InChI is InChI=1S/C26H36N2O2/c1-4-6-19-27-26(30)21(3)28(20-18-23-10-8-7-9-11-23)25(29)17-16-24-14-12-22(5-2)13-15-24/h7-15,21H,4-6,16-20H2,1-3H3,(H,27,30)/t21-/m0/s1. The molecule has 2 aromatic carbocycles. The van der Waals surface area contributed by atoms with E-state index in [1.807, 2.05) is 25.1 Å². The largest absolute Gasteiger partial charge is 0.354 e. The van der Waals surface area contributed by atoms with Gasteiger partial charge in [-0.25, -0.2) is 0 Å². The second-order valence-electron chi connectivity index (χ2n) is 7.81. The summed E-state index contributed by atoms with van der Waals surface area (Å²) in [5, 5.41) is 2.97. The number of unbranched alkanes of at least 4 members (excludes halogenated alkanes) is 1. The van der Waals surface area contributed by atoms with Crippen LogP contribution in [0.15, 0.2) is 54.6 Å². The summed E-state index contributed by atoms with van der Waals surface area (Å²) in [5.74, 6) is -0.0409. The maximum Gasteiger partial charge on any atom is 0.242 e. The Morgan fingerprint density at radius 3 is 2.17 bits per heavy atom. The van der Waals surface area contributed by atoms with E-state index in [0.717, 1.165) is 31.2 Å². The number of carbonyl (C=O) groups excluding carboxylic acids is 2. The first kappa shape index (κ1) is 23.7. The van der Waals surface area contributed by atoms with Gasteiger partial charge in [-0.3, -0.25) is 9.59 Å². The summed E-state index contributed by atoms with van der Waals surface area (Å²) in [6, 6.07) is 18.1. The highest BCUT2D eigenvalue weighted by molar-refractivity contribution is 5.87. The van der Waals surface area contributed by atoms with Gasteiger partial charge in [0.15, 0.2) is 0 Å². The molecule has 0 aliphatic heterocycles. The molecule has 0 aliphatic carbocycles. The van der Waals surface area contributed by atoms with Crippen LogP contribution in [0.1, 0.15) is 56.7 Å². The van der Waals surface area contributed by atoms with E-state index in [1.54, 1.807) is 4.90 Å². The third-order valence-corrected chi connectivity index (χ3v) is 5.54. The second-order valence-corrected chi connectivity index (χ2v) is 7.81. The van der Waals surface area contributed by atoms with Crippen molar-refractivity contribution >= 4 is 11.8 Å². The normalized spacial score (nSPS) is 11.7. The van der Waals surface area contributed by atoms with Gasteiger partial charge < -0.3 is 10.2 Å². The molecule has 1 N–H and O–H groups in total. The zero-order valence-electron chi connectivity index (χ0n) is 18.7. The molecular formula is C26H36N2O2. The Morgan fingerprint density at radius 2 is 1.53 bits per heavy atom. The van der Waals surface area contributed by atoms with Crippen LogP contribution in [0.25, 0.3) is 0 Å². The van der Waals surface area contributed by atoms with Crippen LogP contribution in [0.4, 0.5) is 0 Å². The lowest BCUT2D eigenvalue weighted by Gasteiger charge is -2.29. The molecule has 1 atom stereocenters. The van der Waals surface area contributed by atoms with Gasteiger partial charge in [-0.2, -0.15) is 0 Å². The molecule has 0 spiro atoms. The third-order valence-electron chi connectivity index (χ3n) is 5.54. The number of carbonyl (C=O) groups is 2. The Hall–Kier alpha value is -2.62. The summed E-state index contributed by atoms with van der Waals surface area (Å²) in [5.41, 5.74) is 3.62. The van der Waals surface area contributed by atoms with Gasteiger partial charge in [0.2, 0.25) is 11.8 Å². The fraction of sp³-hybridized carbons (Fsp3) is 0.462. The zero-order chi connectivity index (χ0) is 21.8. The van der Waals surface area contributed by atoms with Crippen molar-refractivity contribution < 1.29 is 9.59 Å². The Balaban J connectivity index is 2.01. The number of nitrogens with one attached hydrogen (secondary N) is 1. The summed E-state index contributed by atoms with van der Waals surface area (Å²) >= 11 is 0. The van der Waals surface area contributed by atoms with Gasteiger partial charge in [-0.15, -0.1) is 0 Å². The second kappa shape index (κ2) is 12.8. The molecule has 0 aliphatic rings. The molecule has 0 bridgehead atoms. The highest BCUT2D eigenvalue weighted by atomic mass is 16.2. The Morgan fingerprint density at radius 1 is 0.900 bits per heavy atom. The fourth-order valence-electron chi connectivity index (χ4n) is 3.44. The first-order valence-corrected chi connectivity index (χ1v) is 11.2. The molecule has 2 rings (SSSR count). The number of nitrogens with zero attached hydrogens (tertiary/aromatic N) is 1. The quantitative estimate of drug-likeness (QED) is 0.524. The van der Waals surface area contributed by atoms with Gasteiger partial charge in [-0.1, -0.05) is 74.9 Å². The minimum absolute atomic E-state index is 0.0311. The van der Waals surface area contributed by atoms with Crippen molar-refractivity contribution in [2.75, 3.05) is 13.1 Å². The Bertz CT molecular complexity index is 771. The van der Waals surface area contributed by atoms with Gasteiger partial charge in [-0.05, 0) is 49.3 Å². The monoisotopic (exact) mass is 408 g/mol. The minimum Gasteiger partial charge on any atom is -0.354 e. The molecule has 2 amide bonds. The fourth-order valence-corrected chi connectivity index (χ4v) is 3.44. The van der Waals surface area contributed by atoms with Crippen LogP contribution < -0.4 is 5.32 Å². The smallest absolute Gasteiger partial charge is 0.242 e. The van der Waals surface area contributed by atoms with E-state index < -0.39 is 6.04 Å². The predicted octanol–water partition coefficient (Wildman–Crippen LogP) is 4.56. The average molecular weight is 409 g/mol. The number of amides is 2. The zero-order valence-corrected chi connectivity index (χ0v) is 18.7. The van der Waals surface area contributed by atoms with Gasteiger partial charge in [0.25, 0.3) is 0 Å². The van der Waals surface area contributed by atoms with Crippen molar-refractivity contribution in [2.24, 2.45) is 0 Å². The van der Waals surface area contributed by atoms with Gasteiger partial charge in [0, 0.05) is 19.5 Å². The predicted molar refractivity (Wildman–Crippen MR) is 123 cm³/mol. The number of rotatable bonds is 12. The molecule has 0 saturated carbocycles. The lowest BCUT2D eigenvalue weighted by atomic mass is 10.0. The lowest BCUT2D eigenvalue weighted by molar-refractivity contribution is -0.139. The van der Waals surface area contributed by atoms with Crippen molar-refractivity contribution in [3.05, 3.63) is 71.3 Å². The summed E-state index contributed by atoms with van der Waals surface area (Å²) in [4.78, 5) is 27.4. The number of aryl methyl sites for hydroxylation is 2. The van der Waals surface area contributed by atoms with Crippen LogP contribution in [0.3, 0.4) is 0 Å². The minimum atomic E-state index is -0.472. The molecule has 0 aromatic heterocycles. The van der Waals surface area contributed by atoms with E-state index in [1.165, 1.54) is 11.1 Å². The van der Waals surface area contributed by atoms with E-state index in [4.69, 9.17) is 0 Å². The van der Waals surface area contributed by atoms with Crippen molar-refractivity contribution in [2.45, 2.75) is 65.3 Å². The number of hydrogen-bond acceptors (Lipinski definition) is 2. The van der Waals surface area contributed by atoms with Gasteiger partial charge in [0.1, 0.15) is 6.04 Å². The maximum atomic E-state index is 13.1. The molecule has 0 heterocycles. The average Bonchev–Trinajstić information content (AvgIpc) is 2.78. The van der Waals surface area contributed by atoms with E-state index in [9.17, 15) is 9.59 Å². The first-order chi connectivity index (χ1) is 14.5. The number of benzene rings is 2. The molecule has 4 nitrogen and oxygen atoms in total. The maximum absolute atomic E-state index is 13.1. The Kier molecular flexibility index (Phi) is 10.1. The van der Waals surface area contributed by atoms with Crippen LogP contribution in [-0.4, -0.2) is 35.8 Å². The van der Waals surface area contributed by atoms with Crippen LogP contribution in [0.5, 0.6) is 0 Å². The summed E-state index contributed by atoms with van der Waals surface area (Å²) in [7, 11) is 0. The van der Waals surface area contributed by atoms with E-state index in [0.29, 0.717) is 25.9 Å². The molecule has 4 heteroatoms. The molecule has 162 valence electrons. The van der Waals surface area contributed by atoms with Crippen molar-refractivity contribution in [3.63, 3.8) is 0 Å². The molecule has 0 unspecified atom stereocenters. The molecular weight excluding hydrogens is 372 g/mol. The molecule has 0 radical (unpaired) electrons. The van der Waals surface area contributed by atoms with E-state index >= 15 is 0 Å². The molecule has 0 fully saturated rings. The molecule has 30 heavy (non-hydrogen) atoms. The van der Waals surface area contributed by atoms with Crippen LogP contribution >= 0.6 is 0 Å². The molecule has 0 saturated heterocycles. The van der Waals surface area contributed by atoms with Gasteiger partial charge in [0.05, 0.1) is 0 Å². The third kappa shape index (κ3) is 7.66. The summed E-state index contributed by atoms with van der Waals surface area (Å²) in [6.07, 6.45) is 4.83. The molecule has 2 aromatic rings. The van der Waals surface area contributed by atoms with Crippen molar-refractivity contribution in [1.82, 2.24) is 10.2 Å². The lowest BCUT2D eigenvalue weighted by Crippen LogP contribution is -2.49. The van der Waals surface area contributed by atoms with Crippen LogP contribution in [0.2, 0.25) is 0 Å². The van der Waals surface area contributed by atoms with Crippen LogP contribution in [-0.2, 0) is 28.9 Å². The van der Waals surface area contributed by atoms with E-state index in [2.05, 4.69) is 55.6 Å². The summed E-state index contributed by atoms with van der Waals surface area (Å²) in [6.45, 7) is 7.26. The summed E-state index contributed by atoms with van der Waals surface area (Å²) < 4.78 is 0. The van der Waals surface area contributed by atoms with Gasteiger partial charge >= 0.3 is 0 Å². The number of hydrogen-bond donors (Lipinski definition) is 1. The SMILES string of the molecule is CCCCNC(=O)[C@H](C)N(CCc1ccccc1)C(=O)CCc1ccc(CC)cc1. The van der Waals surface area contributed by atoms with Crippen molar-refractivity contribution in [3.8, 4) is 0 Å². The van der Waals surface area contributed by atoms with Crippen LogP contribution in [0, 0.1) is 0 Å². The highest BCUT2D eigenvalue weighted by Crippen LogP contribution is 2.12. The topological polar surface area (TPSA) is 49.4 Å². The van der Waals surface area contributed by atoms with Crippen molar-refractivity contribution in [1.29, 1.82) is 0 Å². The highest BCUT2D eigenvalue weighted by Gasteiger charge is 2.25. The van der Waals surface area contributed by atoms with E-state index in [-0.39, 0.29) is 11.8 Å².